The predicted molar refractivity (Wildman–Crippen MR) is 77.7 cm³/mol. The number of aliphatic imine (C=N–C) groups is 1. The molecule has 92 valence electrons. The first-order valence-electron chi connectivity index (χ1n) is 6.19. The van der Waals surface area contributed by atoms with E-state index in [1.807, 2.05) is 19.9 Å². The molecule has 0 saturated carbocycles. The molecule has 1 rings (SSSR count). The summed E-state index contributed by atoms with van der Waals surface area (Å²) >= 11 is 0. The van der Waals surface area contributed by atoms with Crippen molar-refractivity contribution >= 4 is 17.9 Å². The summed E-state index contributed by atoms with van der Waals surface area (Å²) in [6.07, 6.45) is 0. The Bertz CT molecular complexity index is 507. The molecule has 0 amide bonds. The van der Waals surface area contributed by atoms with Crippen LogP contribution in [0.2, 0.25) is 0 Å². The van der Waals surface area contributed by atoms with Gasteiger partial charge in [0.15, 0.2) is 0 Å². The number of nitrogens with zero attached hydrogens (tertiary/aromatic N) is 1. The zero-order valence-corrected chi connectivity index (χ0v) is 11.6. The quantitative estimate of drug-likeness (QED) is 0.707. The maximum Gasteiger partial charge on any atom is 0.0533 e. The molecule has 0 N–H and O–H groups in total. The van der Waals surface area contributed by atoms with Crippen molar-refractivity contribution in [2.24, 2.45) is 10.9 Å². The Morgan fingerprint density at radius 3 is 2.24 bits per heavy atom. The molecule has 1 aromatic rings. The van der Waals surface area contributed by atoms with Gasteiger partial charge in [-0.2, -0.15) is 0 Å². The zero-order chi connectivity index (χ0) is 13.0. The lowest BCUT2D eigenvalue weighted by Crippen LogP contribution is -2.28. The highest BCUT2D eigenvalue weighted by Crippen LogP contribution is 2.16. The van der Waals surface area contributed by atoms with E-state index < -0.39 is 0 Å². The first-order chi connectivity index (χ1) is 7.93. The molecule has 0 aliphatic carbocycles. The molecule has 0 spiro atoms. The summed E-state index contributed by atoms with van der Waals surface area (Å²) in [5, 5.41) is 2.36. The van der Waals surface area contributed by atoms with E-state index in [0.29, 0.717) is 12.0 Å². The number of rotatable bonds is 3. The molecule has 0 aliphatic rings. The first-order valence-corrected chi connectivity index (χ1v) is 6.19. The van der Waals surface area contributed by atoms with E-state index in [1.54, 1.807) is 0 Å². The Morgan fingerprint density at radius 2 is 1.71 bits per heavy atom. The molecular formula is C16H23N. The van der Waals surface area contributed by atoms with Crippen molar-refractivity contribution in [2.45, 2.75) is 40.7 Å². The lowest BCUT2D eigenvalue weighted by Gasteiger charge is -2.18. The third kappa shape index (κ3) is 3.55. The molecule has 1 heteroatoms. The van der Waals surface area contributed by atoms with Crippen LogP contribution < -0.4 is 10.4 Å². The SMILES string of the molecule is C=c1cccc/c1=C(/C)C(C)C(C)N=C(C)C. The van der Waals surface area contributed by atoms with Gasteiger partial charge in [0.2, 0.25) is 0 Å². The summed E-state index contributed by atoms with van der Waals surface area (Å²) in [5.74, 6) is 0.438. The van der Waals surface area contributed by atoms with Crippen LogP contribution in [0, 0.1) is 5.92 Å². The Labute approximate surface area is 105 Å². The third-order valence-corrected chi connectivity index (χ3v) is 3.31. The van der Waals surface area contributed by atoms with Crippen molar-refractivity contribution in [3.05, 3.63) is 34.7 Å². The molecule has 1 aromatic carbocycles. The van der Waals surface area contributed by atoms with Gasteiger partial charge in [-0.15, -0.1) is 0 Å². The van der Waals surface area contributed by atoms with Gasteiger partial charge in [-0.1, -0.05) is 43.3 Å². The van der Waals surface area contributed by atoms with Crippen molar-refractivity contribution in [3.63, 3.8) is 0 Å². The molecule has 0 aliphatic heterocycles. The van der Waals surface area contributed by atoms with Crippen molar-refractivity contribution in [3.8, 4) is 0 Å². The van der Waals surface area contributed by atoms with Gasteiger partial charge in [-0.25, -0.2) is 0 Å². The minimum Gasteiger partial charge on any atom is -0.291 e. The second-order valence-electron chi connectivity index (χ2n) is 4.95. The first kappa shape index (κ1) is 13.7. The third-order valence-electron chi connectivity index (χ3n) is 3.31. The largest absolute Gasteiger partial charge is 0.291 e. The van der Waals surface area contributed by atoms with E-state index in [1.165, 1.54) is 10.8 Å². The molecule has 0 saturated heterocycles. The fourth-order valence-electron chi connectivity index (χ4n) is 2.03. The Balaban J connectivity index is 3.18. The molecule has 2 unspecified atom stereocenters. The van der Waals surface area contributed by atoms with Crippen molar-refractivity contribution in [1.82, 2.24) is 0 Å². The monoisotopic (exact) mass is 229 g/mol. The van der Waals surface area contributed by atoms with Crippen LogP contribution in [0.25, 0.3) is 12.2 Å². The van der Waals surface area contributed by atoms with Crippen molar-refractivity contribution in [2.75, 3.05) is 0 Å². The Kier molecular flexibility index (Phi) is 4.68. The molecule has 0 radical (unpaired) electrons. The normalized spacial score (nSPS) is 16.1. The second-order valence-corrected chi connectivity index (χ2v) is 4.95. The Hall–Kier alpha value is -1.37. The molecule has 2 atom stereocenters. The van der Waals surface area contributed by atoms with Crippen molar-refractivity contribution < 1.29 is 0 Å². The highest BCUT2D eigenvalue weighted by molar-refractivity contribution is 5.79. The molecule has 0 aromatic heterocycles. The van der Waals surface area contributed by atoms with Gasteiger partial charge < -0.3 is 0 Å². The van der Waals surface area contributed by atoms with E-state index in [0.717, 1.165) is 10.9 Å². The van der Waals surface area contributed by atoms with E-state index >= 15 is 0 Å². The average Bonchev–Trinajstić information content (AvgIpc) is 2.27. The van der Waals surface area contributed by atoms with Crippen LogP contribution in [-0.4, -0.2) is 11.8 Å². The van der Waals surface area contributed by atoms with E-state index in [-0.39, 0.29) is 0 Å². The number of benzene rings is 1. The predicted octanol–water partition coefficient (Wildman–Crippen LogP) is 2.77. The van der Waals surface area contributed by atoms with E-state index in [9.17, 15) is 0 Å². The molecule has 1 nitrogen and oxygen atoms in total. The summed E-state index contributed by atoms with van der Waals surface area (Å²) < 4.78 is 0. The minimum atomic E-state index is 0.319. The number of hydrogen-bond donors (Lipinski definition) is 0. The summed E-state index contributed by atoms with van der Waals surface area (Å²) in [6, 6.07) is 8.62. The summed E-state index contributed by atoms with van der Waals surface area (Å²) in [6.45, 7) is 14.8. The van der Waals surface area contributed by atoms with Crippen LogP contribution in [-0.2, 0) is 0 Å². The maximum absolute atomic E-state index is 4.63. The summed E-state index contributed by atoms with van der Waals surface area (Å²) in [7, 11) is 0. The molecule has 0 fully saturated rings. The molecule has 0 heterocycles. The van der Waals surface area contributed by atoms with Gasteiger partial charge in [0, 0.05) is 5.71 Å². The van der Waals surface area contributed by atoms with E-state index in [4.69, 9.17) is 0 Å². The molecular weight excluding hydrogens is 206 g/mol. The fourth-order valence-corrected chi connectivity index (χ4v) is 2.03. The van der Waals surface area contributed by atoms with Crippen LogP contribution in [0.15, 0.2) is 29.3 Å². The lowest BCUT2D eigenvalue weighted by molar-refractivity contribution is 0.593. The zero-order valence-electron chi connectivity index (χ0n) is 11.6. The van der Waals surface area contributed by atoms with Gasteiger partial charge >= 0.3 is 0 Å². The van der Waals surface area contributed by atoms with Crippen LogP contribution in [0.1, 0.15) is 34.6 Å². The average molecular weight is 229 g/mol. The van der Waals surface area contributed by atoms with Crippen LogP contribution in [0.5, 0.6) is 0 Å². The molecule has 0 bridgehead atoms. The van der Waals surface area contributed by atoms with Crippen molar-refractivity contribution in [1.29, 1.82) is 0 Å². The lowest BCUT2D eigenvalue weighted by atomic mass is 9.93. The minimum absolute atomic E-state index is 0.319. The van der Waals surface area contributed by atoms with Crippen LogP contribution in [0.4, 0.5) is 0 Å². The summed E-state index contributed by atoms with van der Waals surface area (Å²) in [5.41, 5.74) is 2.51. The smallest absolute Gasteiger partial charge is 0.0533 e. The Morgan fingerprint density at radius 1 is 1.12 bits per heavy atom. The standard InChI is InChI=1S/C16H23N/c1-11(2)17-15(6)13(4)14(5)16-10-8-7-9-12(16)3/h7-10,13,15H,3H2,1-2,4-6H3/b16-14+. The topological polar surface area (TPSA) is 12.4 Å². The van der Waals surface area contributed by atoms with Crippen LogP contribution in [0.3, 0.4) is 0 Å². The van der Waals surface area contributed by atoms with Crippen LogP contribution >= 0.6 is 0 Å². The second kappa shape index (κ2) is 5.81. The van der Waals surface area contributed by atoms with Gasteiger partial charge in [0.05, 0.1) is 6.04 Å². The highest BCUT2D eigenvalue weighted by Gasteiger charge is 2.13. The summed E-state index contributed by atoms with van der Waals surface area (Å²) in [4.78, 5) is 4.63. The van der Waals surface area contributed by atoms with Gasteiger partial charge in [-0.05, 0) is 44.1 Å². The van der Waals surface area contributed by atoms with Gasteiger partial charge in [0.25, 0.3) is 0 Å². The highest BCUT2D eigenvalue weighted by atomic mass is 14.8. The molecule has 17 heavy (non-hydrogen) atoms. The number of hydrogen-bond acceptors (Lipinski definition) is 1. The van der Waals surface area contributed by atoms with E-state index in [2.05, 4.69) is 50.5 Å². The van der Waals surface area contributed by atoms with Gasteiger partial charge in [-0.3, -0.25) is 4.99 Å². The maximum atomic E-state index is 4.63. The van der Waals surface area contributed by atoms with Gasteiger partial charge in [0.1, 0.15) is 0 Å². The fraction of sp³-hybridized carbons (Fsp3) is 0.438.